The molecule has 0 unspecified atom stereocenters. The highest BCUT2D eigenvalue weighted by molar-refractivity contribution is 5.67. The minimum atomic E-state index is -0.863. The fourth-order valence-electron chi connectivity index (χ4n) is 1.53. The summed E-state index contributed by atoms with van der Waals surface area (Å²) in [6.45, 7) is 8.53. The van der Waals surface area contributed by atoms with E-state index in [1.54, 1.807) is 25.1 Å². The Morgan fingerprint density at radius 2 is 1.94 bits per heavy atom. The number of nitrogens with zero attached hydrogens (tertiary/aromatic N) is 2. The van der Waals surface area contributed by atoms with Gasteiger partial charge in [-0.1, -0.05) is 6.07 Å². The standard InChI is InChI=1S/C13H8F2N2/c1-8-4-3-5-11(17-8)9-6-7-10(14)13(16-2)12(9)15/h3-7H,1H3. The third kappa shape index (κ3) is 2.00. The maximum atomic E-state index is 13.9. The summed E-state index contributed by atoms with van der Waals surface area (Å²) in [6, 6.07) is 7.51. The van der Waals surface area contributed by atoms with Crippen LogP contribution >= 0.6 is 0 Å². The van der Waals surface area contributed by atoms with E-state index < -0.39 is 17.3 Å². The second-order valence-electron chi connectivity index (χ2n) is 3.53. The smallest absolute Gasteiger partial charge is 0.253 e. The van der Waals surface area contributed by atoms with Crippen LogP contribution < -0.4 is 0 Å². The number of benzene rings is 1. The number of halogens is 2. The van der Waals surface area contributed by atoms with Gasteiger partial charge in [0.15, 0.2) is 0 Å². The SMILES string of the molecule is [C-]#[N+]c1c(F)ccc(-c2cccc(C)n2)c1F. The Bertz CT molecular complexity index is 615. The topological polar surface area (TPSA) is 17.2 Å². The Labute approximate surface area is 97.4 Å². The van der Waals surface area contributed by atoms with Gasteiger partial charge in [0.2, 0.25) is 0 Å². The van der Waals surface area contributed by atoms with Crippen molar-refractivity contribution >= 4 is 5.69 Å². The molecule has 0 saturated carbocycles. The summed E-state index contributed by atoms with van der Waals surface area (Å²) < 4.78 is 27.0. The highest BCUT2D eigenvalue weighted by Gasteiger charge is 2.15. The highest BCUT2D eigenvalue weighted by Crippen LogP contribution is 2.30. The van der Waals surface area contributed by atoms with Crippen molar-refractivity contribution < 1.29 is 8.78 Å². The van der Waals surface area contributed by atoms with Crippen LogP contribution in [0.5, 0.6) is 0 Å². The molecular formula is C13H8F2N2. The predicted octanol–water partition coefficient (Wildman–Crippen LogP) is 3.89. The van der Waals surface area contributed by atoms with Crippen molar-refractivity contribution in [3.05, 3.63) is 59.1 Å². The van der Waals surface area contributed by atoms with Crippen molar-refractivity contribution in [1.29, 1.82) is 0 Å². The molecule has 0 spiro atoms. The van der Waals surface area contributed by atoms with E-state index in [1.165, 1.54) is 6.07 Å². The molecule has 2 nitrogen and oxygen atoms in total. The second-order valence-corrected chi connectivity index (χ2v) is 3.53. The molecule has 2 rings (SSSR count). The number of hydrogen-bond donors (Lipinski definition) is 0. The first-order valence-corrected chi connectivity index (χ1v) is 4.93. The highest BCUT2D eigenvalue weighted by atomic mass is 19.1. The Balaban J connectivity index is 2.66. The summed E-state index contributed by atoms with van der Waals surface area (Å²) >= 11 is 0. The van der Waals surface area contributed by atoms with Crippen LogP contribution in [0.25, 0.3) is 16.1 Å². The number of hydrogen-bond acceptors (Lipinski definition) is 1. The second kappa shape index (κ2) is 4.30. The molecule has 17 heavy (non-hydrogen) atoms. The lowest BCUT2D eigenvalue weighted by Crippen LogP contribution is -1.91. The third-order valence-electron chi connectivity index (χ3n) is 2.34. The van der Waals surface area contributed by atoms with Crippen molar-refractivity contribution in [2.24, 2.45) is 0 Å². The van der Waals surface area contributed by atoms with E-state index in [0.29, 0.717) is 5.69 Å². The zero-order valence-electron chi connectivity index (χ0n) is 9.04. The van der Waals surface area contributed by atoms with Gasteiger partial charge < -0.3 is 0 Å². The molecule has 0 aliphatic rings. The average Bonchev–Trinajstić information content (AvgIpc) is 2.29. The number of aromatic nitrogens is 1. The Hall–Kier alpha value is -2.28. The minimum Gasteiger partial charge on any atom is -0.253 e. The summed E-state index contributed by atoms with van der Waals surface area (Å²) in [4.78, 5) is 6.99. The van der Waals surface area contributed by atoms with Crippen molar-refractivity contribution in [3.8, 4) is 11.3 Å². The minimum absolute atomic E-state index is 0.140. The van der Waals surface area contributed by atoms with Crippen molar-refractivity contribution in [3.63, 3.8) is 0 Å². The lowest BCUT2D eigenvalue weighted by Gasteiger charge is -2.05. The first-order chi connectivity index (χ1) is 8.13. The fourth-order valence-corrected chi connectivity index (χ4v) is 1.53. The lowest BCUT2D eigenvalue weighted by atomic mass is 10.1. The fraction of sp³-hybridized carbons (Fsp3) is 0.0769. The van der Waals surface area contributed by atoms with E-state index in [4.69, 9.17) is 6.57 Å². The zero-order valence-corrected chi connectivity index (χ0v) is 9.04. The molecule has 2 aromatic rings. The van der Waals surface area contributed by atoms with Crippen LogP contribution in [0, 0.1) is 25.1 Å². The van der Waals surface area contributed by atoms with E-state index in [-0.39, 0.29) is 5.56 Å². The van der Waals surface area contributed by atoms with Gasteiger partial charge in [-0.25, -0.2) is 13.6 Å². The third-order valence-corrected chi connectivity index (χ3v) is 2.34. The lowest BCUT2D eigenvalue weighted by molar-refractivity contribution is 0.595. The molecule has 1 aromatic carbocycles. The molecule has 0 aliphatic carbocycles. The molecule has 0 radical (unpaired) electrons. The van der Waals surface area contributed by atoms with Crippen LogP contribution in [-0.2, 0) is 0 Å². The van der Waals surface area contributed by atoms with Crippen LogP contribution in [0.1, 0.15) is 5.69 Å². The largest absolute Gasteiger partial charge is 0.257 e. The van der Waals surface area contributed by atoms with Gasteiger partial charge in [0.25, 0.3) is 5.69 Å². The van der Waals surface area contributed by atoms with E-state index in [1.807, 2.05) is 0 Å². The van der Waals surface area contributed by atoms with Gasteiger partial charge in [-0.3, -0.25) is 4.98 Å². The van der Waals surface area contributed by atoms with Gasteiger partial charge in [0.1, 0.15) is 11.6 Å². The molecule has 0 aliphatic heterocycles. The van der Waals surface area contributed by atoms with Crippen LogP contribution in [0.15, 0.2) is 30.3 Å². The summed E-state index contributed by atoms with van der Waals surface area (Å²) in [6.07, 6.45) is 0. The maximum absolute atomic E-state index is 13.9. The maximum Gasteiger partial charge on any atom is 0.257 e. The molecular weight excluding hydrogens is 222 g/mol. The van der Waals surface area contributed by atoms with Crippen molar-refractivity contribution in [2.45, 2.75) is 6.92 Å². The molecule has 4 heteroatoms. The van der Waals surface area contributed by atoms with Crippen LogP contribution in [0.4, 0.5) is 14.5 Å². The first-order valence-electron chi connectivity index (χ1n) is 4.93. The normalized spacial score (nSPS) is 10.0. The predicted molar refractivity (Wildman–Crippen MR) is 60.6 cm³/mol. The first kappa shape index (κ1) is 11.2. The molecule has 1 heterocycles. The van der Waals surface area contributed by atoms with Gasteiger partial charge in [-0.15, -0.1) is 0 Å². The van der Waals surface area contributed by atoms with Gasteiger partial charge in [-0.2, -0.15) is 0 Å². The number of pyridine rings is 1. The average molecular weight is 230 g/mol. The molecule has 1 aromatic heterocycles. The van der Waals surface area contributed by atoms with E-state index in [2.05, 4.69) is 9.83 Å². The molecule has 0 saturated heterocycles. The van der Waals surface area contributed by atoms with Crippen molar-refractivity contribution in [2.75, 3.05) is 0 Å². The monoisotopic (exact) mass is 230 g/mol. The Morgan fingerprint density at radius 3 is 2.59 bits per heavy atom. The summed E-state index contributed by atoms with van der Waals surface area (Å²) in [7, 11) is 0. The Kier molecular flexibility index (Phi) is 2.84. The van der Waals surface area contributed by atoms with Crippen LogP contribution in [-0.4, -0.2) is 4.98 Å². The quantitative estimate of drug-likeness (QED) is 0.679. The summed E-state index contributed by atoms with van der Waals surface area (Å²) in [5.41, 5.74) is 0.676. The molecule has 0 N–H and O–H groups in total. The van der Waals surface area contributed by atoms with E-state index in [9.17, 15) is 8.78 Å². The molecule has 0 bridgehead atoms. The summed E-state index contributed by atoms with van der Waals surface area (Å²) in [5.74, 6) is -1.72. The summed E-state index contributed by atoms with van der Waals surface area (Å²) in [5, 5.41) is 0. The van der Waals surface area contributed by atoms with Gasteiger partial charge in [0, 0.05) is 11.3 Å². The van der Waals surface area contributed by atoms with Gasteiger partial charge in [-0.05, 0) is 31.2 Å². The number of rotatable bonds is 1. The van der Waals surface area contributed by atoms with E-state index in [0.717, 1.165) is 11.8 Å². The van der Waals surface area contributed by atoms with Crippen LogP contribution in [0.3, 0.4) is 0 Å². The molecule has 0 amide bonds. The van der Waals surface area contributed by atoms with Gasteiger partial charge >= 0.3 is 0 Å². The molecule has 0 fully saturated rings. The molecule has 84 valence electrons. The zero-order chi connectivity index (χ0) is 12.4. The van der Waals surface area contributed by atoms with Gasteiger partial charge in [0.05, 0.1) is 12.3 Å². The van der Waals surface area contributed by atoms with E-state index >= 15 is 0 Å². The van der Waals surface area contributed by atoms with Crippen LogP contribution in [0.2, 0.25) is 0 Å². The number of aryl methyl sites for hydroxylation is 1. The Morgan fingerprint density at radius 1 is 1.18 bits per heavy atom. The van der Waals surface area contributed by atoms with Crippen molar-refractivity contribution in [1.82, 2.24) is 4.98 Å². The molecule has 0 atom stereocenters.